The second-order valence-corrected chi connectivity index (χ2v) is 9.66. The zero-order chi connectivity index (χ0) is 23.8. The summed E-state index contributed by atoms with van der Waals surface area (Å²) in [6.07, 6.45) is 3.09. The summed E-state index contributed by atoms with van der Waals surface area (Å²) in [4.78, 5) is 4.21. The van der Waals surface area contributed by atoms with E-state index in [9.17, 15) is 22.5 Å². The lowest BCUT2D eigenvalue weighted by Gasteiger charge is -2.18. The normalized spacial score (nSPS) is 14.4. The highest BCUT2D eigenvalue weighted by Gasteiger charge is 2.26. The van der Waals surface area contributed by atoms with E-state index in [1.165, 1.54) is 12.1 Å². The number of aromatic nitrogens is 3. The third-order valence-corrected chi connectivity index (χ3v) is 5.69. The van der Waals surface area contributed by atoms with E-state index in [4.69, 9.17) is 0 Å². The van der Waals surface area contributed by atoms with Crippen molar-refractivity contribution in [3.05, 3.63) is 58.8 Å². The Bertz CT molecular complexity index is 1350. The van der Waals surface area contributed by atoms with E-state index in [0.29, 0.717) is 17.3 Å². The van der Waals surface area contributed by atoms with Crippen molar-refractivity contribution in [2.45, 2.75) is 31.7 Å². The van der Waals surface area contributed by atoms with E-state index < -0.39 is 27.7 Å². The van der Waals surface area contributed by atoms with Crippen LogP contribution in [0.3, 0.4) is 0 Å². The molecule has 0 spiro atoms. The fraction of sp³-hybridized carbons (Fsp3) is 0.286. The van der Waals surface area contributed by atoms with Gasteiger partial charge in [-0.2, -0.15) is 10.4 Å². The molecule has 4 N–H and O–H groups in total. The Balaban J connectivity index is 1.58. The average Bonchev–Trinajstić information content (AvgIpc) is 3.49. The molecule has 4 rings (SSSR count). The number of H-pyrrole nitrogens is 1. The third kappa shape index (κ3) is 5.38. The molecular weight excluding hydrogens is 452 g/mol. The first kappa shape index (κ1) is 22.5. The van der Waals surface area contributed by atoms with Crippen LogP contribution in [0.1, 0.15) is 48.5 Å². The number of hydrogen-bond acceptors (Lipinski definition) is 7. The second kappa shape index (κ2) is 8.67. The summed E-state index contributed by atoms with van der Waals surface area (Å²) < 4.78 is 53.6. The molecule has 1 aliphatic rings. The molecule has 0 bridgehead atoms. The fourth-order valence-electron chi connectivity index (χ4n) is 3.28. The van der Waals surface area contributed by atoms with Gasteiger partial charge in [-0.05, 0) is 43.5 Å². The molecule has 1 atom stereocenters. The third-order valence-electron chi connectivity index (χ3n) is 5.10. The van der Waals surface area contributed by atoms with Crippen molar-refractivity contribution in [3.63, 3.8) is 0 Å². The quantitative estimate of drug-likeness (QED) is 0.386. The fourth-order valence-corrected chi connectivity index (χ4v) is 3.83. The van der Waals surface area contributed by atoms with Crippen LogP contribution < -0.4 is 15.4 Å². The van der Waals surface area contributed by atoms with E-state index in [1.807, 2.05) is 6.07 Å². The summed E-state index contributed by atoms with van der Waals surface area (Å²) >= 11 is 0. The monoisotopic (exact) mass is 473 g/mol. The van der Waals surface area contributed by atoms with Gasteiger partial charge in [0.25, 0.3) is 0 Å². The minimum Gasteiger partial charge on any atom is -0.362 e. The molecule has 172 valence electrons. The summed E-state index contributed by atoms with van der Waals surface area (Å²) in [5.41, 5.74) is 1.26. The molecule has 3 aromatic rings. The molecule has 1 fully saturated rings. The molecule has 0 saturated heterocycles. The van der Waals surface area contributed by atoms with Crippen LogP contribution in [0.2, 0.25) is 0 Å². The molecule has 2 heterocycles. The molecule has 2 aromatic heterocycles. The van der Waals surface area contributed by atoms with Gasteiger partial charge in [-0.3, -0.25) is 9.82 Å². The summed E-state index contributed by atoms with van der Waals surface area (Å²) in [5.74, 6) is -0.609. The number of anilines is 4. The number of benzene rings is 1. The van der Waals surface area contributed by atoms with Gasteiger partial charge < -0.3 is 10.6 Å². The van der Waals surface area contributed by atoms with Crippen molar-refractivity contribution in [2.75, 3.05) is 21.6 Å². The zero-order valence-electron chi connectivity index (χ0n) is 17.8. The zero-order valence-corrected chi connectivity index (χ0v) is 18.6. The van der Waals surface area contributed by atoms with Gasteiger partial charge in [-0.25, -0.2) is 22.2 Å². The highest BCUT2D eigenvalue weighted by Crippen LogP contribution is 2.39. The lowest BCUT2D eigenvalue weighted by atomic mass is 10.1. The summed E-state index contributed by atoms with van der Waals surface area (Å²) in [7, 11) is -3.68. The van der Waals surface area contributed by atoms with Crippen molar-refractivity contribution in [1.29, 1.82) is 5.26 Å². The van der Waals surface area contributed by atoms with Gasteiger partial charge in [-0.1, -0.05) is 6.07 Å². The maximum atomic E-state index is 14.5. The van der Waals surface area contributed by atoms with E-state index in [1.54, 1.807) is 13.0 Å². The molecule has 1 aromatic carbocycles. The number of halogens is 2. The largest absolute Gasteiger partial charge is 0.362 e. The molecule has 1 saturated carbocycles. The van der Waals surface area contributed by atoms with Crippen molar-refractivity contribution in [3.8, 4) is 6.07 Å². The molecule has 0 aliphatic heterocycles. The van der Waals surface area contributed by atoms with Crippen molar-refractivity contribution >= 4 is 33.2 Å². The number of aromatic amines is 1. The minimum atomic E-state index is -3.68. The maximum Gasteiger partial charge on any atom is 0.229 e. The van der Waals surface area contributed by atoms with Crippen LogP contribution in [0.25, 0.3) is 0 Å². The van der Waals surface area contributed by atoms with Gasteiger partial charge in [-0.15, -0.1) is 0 Å². The number of pyridine rings is 1. The molecule has 0 radical (unpaired) electrons. The molecule has 0 unspecified atom stereocenters. The van der Waals surface area contributed by atoms with Crippen LogP contribution in [-0.4, -0.2) is 29.9 Å². The molecule has 0 amide bonds. The standard InChI is InChI=1S/C21H21F2N7O2S/c1-11(13-5-6-15(22)18(8-13)30-33(2,31)32)25-20-14(10-24)7-16(23)21(27-20)26-19-9-17(28-29-19)12-3-4-12/h5-9,11-12,30H,3-4H2,1-2H3,(H3,25,26,27,28,29)/t11-/m0/s1. The van der Waals surface area contributed by atoms with Crippen LogP contribution in [0, 0.1) is 23.0 Å². The summed E-state index contributed by atoms with van der Waals surface area (Å²) in [6, 6.07) is 8.17. The van der Waals surface area contributed by atoms with Crippen LogP contribution in [0.4, 0.5) is 31.9 Å². The van der Waals surface area contributed by atoms with Crippen molar-refractivity contribution in [1.82, 2.24) is 15.2 Å². The number of nitrogens with zero attached hydrogens (tertiary/aromatic N) is 3. The first-order chi connectivity index (χ1) is 15.6. The van der Waals surface area contributed by atoms with Gasteiger partial charge in [0, 0.05) is 17.7 Å². The van der Waals surface area contributed by atoms with E-state index >= 15 is 0 Å². The Morgan fingerprint density at radius 2 is 1.94 bits per heavy atom. The van der Waals surface area contributed by atoms with Crippen LogP contribution in [-0.2, 0) is 10.0 Å². The first-order valence-electron chi connectivity index (χ1n) is 10.1. The molecular formula is C21H21F2N7O2S. The Kier molecular flexibility index (Phi) is 5.90. The van der Waals surface area contributed by atoms with Crippen molar-refractivity contribution in [2.24, 2.45) is 0 Å². The number of sulfonamides is 1. The number of nitrogens with one attached hydrogen (secondary N) is 4. The molecule has 9 nitrogen and oxygen atoms in total. The predicted molar refractivity (Wildman–Crippen MR) is 120 cm³/mol. The first-order valence-corrected chi connectivity index (χ1v) is 12.0. The van der Waals surface area contributed by atoms with Gasteiger partial charge in [0.15, 0.2) is 17.5 Å². The SMILES string of the molecule is C[C@H](Nc1nc(Nc2cc(C3CC3)[nH]n2)c(F)cc1C#N)c1ccc(F)c(NS(C)(=O)=O)c1. The lowest BCUT2D eigenvalue weighted by molar-refractivity contribution is 0.603. The van der Waals surface area contributed by atoms with Crippen LogP contribution >= 0.6 is 0 Å². The number of nitriles is 1. The predicted octanol–water partition coefficient (Wildman–Crippen LogP) is 4.12. The van der Waals surface area contributed by atoms with E-state index in [-0.39, 0.29) is 22.9 Å². The summed E-state index contributed by atoms with van der Waals surface area (Å²) in [5, 5.41) is 22.3. The minimum absolute atomic E-state index is 0.0257. The molecule has 12 heteroatoms. The topological polar surface area (TPSA) is 136 Å². The van der Waals surface area contributed by atoms with Crippen molar-refractivity contribution < 1.29 is 17.2 Å². The lowest BCUT2D eigenvalue weighted by Crippen LogP contribution is -2.14. The average molecular weight is 474 g/mol. The second-order valence-electron chi connectivity index (χ2n) is 7.91. The van der Waals surface area contributed by atoms with E-state index in [2.05, 4.69) is 30.5 Å². The highest BCUT2D eigenvalue weighted by molar-refractivity contribution is 7.92. The summed E-state index contributed by atoms with van der Waals surface area (Å²) in [6.45, 7) is 1.71. The Morgan fingerprint density at radius 3 is 2.61 bits per heavy atom. The van der Waals surface area contributed by atoms with Gasteiger partial charge in [0.1, 0.15) is 17.7 Å². The Hall–Kier alpha value is -3.72. The number of hydrogen-bond donors (Lipinski definition) is 4. The molecule has 1 aliphatic carbocycles. The van der Waals surface area contributed by atoms with Gasteiger partial charge in [0.2, 0.25) is 10.0 Å². The Labute approximate surface area is 189 Å². The highest BCUT2D eigenvalue weighted by atomic mass is 32.2. The van der Waals surface area contributed by atoms with Crippen LogP contribution in [0.5, 0.6) is 0 Å². The van der Waals surface area contributed by atoms with Crippen LogP contribution in [0.15, 0.2) is 30.3 Å². The van der Waals surface area contributed by atoms with Gasteiger partial charge >= 0.3 is 0 Å². The number of rotatable bonds is 8. The maximum absolute atomic E-state index is 14.5. The Morgan fingerprint density at radius 1 is 1.18 bits per heavy atom. The van der Waals surface area contributed by atoms with E-state index in [0.717, 1.165) is 36.9 Å². The smallest absolute Gasteiger partial charge is 0.229 e. The molecule has 33 heavy (non-hydrogen) atoms. The van der Waals surface area contributed by atoms with Gasteiger partial charge in [0.05, 0.1) is 23.5 Å².